The van der Waals surface area contributed by atoms with E-state index in [1.54, 1.807) is 6.92 Å². The van der Waals surface area contributed by atoms with Crippen LogP contribution in [0.1, 0.15) is 18.9 Å². The Morgan fingerprint density at radius 3 is 2.61 bits per heavy atom. The summed E-state index contributed by atoms with van der Waals surface area (Å²) in [5, 5.41) is 9.08. The molecule has 0 radical (unpaired) electrons. The van der Waals surface area contributed by atoms with Gasteiger partial charge >= 0.3 is 5.97 Å². The minimum Gasteiger partial charge on any atom is -0.481 e. The zero-order valence-corrected chi connectivity index (χ0v) is 14.0. The number of carboxylic acids is 1. The molecule has 6 nitrogen and oxygen atoms in total. The number of rotatable bonds is 8. The van der Waals surface area contributed by atoms with E-state index in [0.717, 1.165) is 5.56 Å². The Morgan fingerprint density at radius 1 is 1.30 bits per heavy atom. The lowest BCUT2D eigenvalue weighted by Crippen LogP contribution is -2.32. The lowest BCUT2D eigenvalue weighted by molar-refractivity contribution is -0.142. The van der Waals surface area contributed by atoms with E-state index in [9.17, 15) is 13.2 Å². The Morgan fingerprint density at radius 2 is 2.00 bits per heavy atom. The van der Waals surface area contributed by atoms with Crippen molar-refractivity contribution in [3.05, 3.63) is 35.9 Å². The average molecular weight is 341 g/mol. The number of hydrogen-bond acceptors (Lipinski definition) is 4. The largest absolute Gasteiger partial charge is 0.481 e. The number of hydrogen-bond donors (Lipinski definition) is 1. The number of aliphatic carboxylic acids is 1. The van der Waals surface area contributed by atoms with Crippen molar-refractivity contribution < 1.29 is 23.1 Å². The maximum absolute atomic E-state index is 12.3. The highest BCUT2D eigenvalue weighted by molar-refractivity contribution is 7.89. The molecule has 128 valence electrons. The molecule has 1 aliphatic heterocycles. The summed E-state index contributed by atoms with van der Waals surface area (Å²) in [5.74, 6) is -1.71. The first-order chi connectivity index (χ1) is 10.9. The maximum Gasteiger partial charge on any atom is 0.308 e. The smallest absolute Gasteiger partial charge is 0.308 e. The quantitative estimate of drug-likeness (QED) is 0.726. The molecule has 2 rings (SSSR count). The molecule has 1 N–H and O–H groups in total. The van der Waals surface area contributed by atoms with E-state index in [1.807, 2.05) is 30.3 Å². The Kier molecular flexibility index (Phi) is 6.15. The van der Waals surface area contributed by atoms with Gasteiger partial charge in [-0.05, 0) is 17.9 Å². The molecule has 1 heterocycles. The molecular formula is C16H23NO5S. The lowest BCUT2D eigenvalue weighted by Gasteiger charge is -2.15. The van der Waals surface area contributed by atoms with Gasteiger partial charge in [0, 0.05) is 19.7 Å². The third kappa shape index (κ3) is 5.02. The number of benzene rings is 1. The van der Waals surface area contributed by atoms with Crippen molar-refractivity contribution >= 4 is 16.0 Å². The third-order valence-electron chi connectivity index (χ3n) is 4.09. The monoisotopic (exact) mass is 341 g/mol. The van der Waals surface area contributed by atoms with E-state index < -0.39 is 21.9 Å². The molecule has 7 heteroatoms. The van der Waals surface area contributed by atoms with Crippen molar-refractivity contribution in [3.63, 3.8) is 0 Å². The number of carbonyl (C=O) groups is 1. The molecule has 0 aromatic heterocycles. The van der Waals surface area contributed by atoms with Crippen LogP contribution in [0.15, 0.2) is 30.3 Å². The van der Waals surface area contributed by atoms with E-state index in [-0.39, 0.29) is 24.8 Å². The van der Waals surface area contributed by atoms with Gasteiger partial charge in [0.05, 0.1) is 18.3 Å². The van der Waals surface area contributed by atoms with Crippen molar-refractivity contribution in [2.75, 3.05) is 25.4 Å². The second-order valence-electron chi connectivity index (χ2n) is 5.95. The molecule has 0 amide bonds. The van der Waals surface area contributed by atoms with E-state index in [4.69, 9.17) is 9.84 Å². The summed E-state index contributed by atoms with van der Waals surface area (Å²) in [7, 11) is -3.41. The molecular weight excluding hydrogens is 318 g/mol. The van der Waals surface area contributed by atoms with Gasteiger partial charge in [0.25, 0.3) is 0 Å². The summed E-state index contributed by atoms with van der Waals surface area (Å²) in [6.07, 6.45) is 0.401. The fourth-order valence-corrected chi connectivity index (χ4v) is 4.30. The number of carboxylic acid groups (broad SMARTS) is 1. The van der Waals surface area contributed by atoms with Crippen LogP contribution < -0.4 is 0 Å². The van der Waals surface area contributed by atoms with Crippen LogP contribution in [0, 0.1) is 11.8 Å². The summed E-state index contributed by atoms with van der Waals surface area (Å²) in [6, 6.07) is 9.69. The molecule has 1 fully saturated rings. The highest BCUT2D eigenvalue weighted by Gasteiger charge is 2.39. The van der Waals surface area contributed by atoms with Gasteiger partial charge in [0.1, 0.15) is 0 Å². The van der Waals surface area contributed by atoms with E-state index in [2.05, 4.69) is 0 Å². The van der Waals surface area contributed by atoms with E-state index in [0.29, 0.717) is 19.6 Å². The van der Waals surface area contributed by atoms with Crippen LogP contribution in [0.25, 0.3) is 0 Å². The molecule has 1 aromatic carbocycles. The van der Waals surface area contributed by atoms with Crippen LogP contribution in [0.3, 0.4) is 0 Å². The molecule has 0 bridgehead atoms. The Balaban J connectivity index is 1.73. The molecule has 0 saturated carbocycles. The predicted molar refractivity (Wildman–Crippen MR) is 86.4 cm³/mol. The van der Waals surface area contributed by atoms with E-state index >= 15 is 0 Å². The highest BCUT2D eigenvalue weighted by Crippen LogP contribution is 2.25. The van der Waals surface area contributed by atoms with Crippen molar-refractivity contribution in [3.8, 4) is 0 Å². The normalized spacial score (nSPS) is 22.3. The summed E-state index contributed by atoms with van der Waals surface area (Å²) in [6.45, 7) is 2.95. The average Bonchev–Trinajstić information content (AvgIpc) is 2.91. The van der Waals surface area contributed by atoms with Gasteiger partial charge in [-0.3, -0.25) is 4.79 Å². The number of sulfonamides is 1. The number of ether oxygens (including phenoxy) is 1. The first-order valence-corrected chi connectivity index (χ1v) is 9.33. The third-order valence-corrected chi connectivity index (χ3v) is 5.98. The van der Waals surface area contributed by atoms with Crippen molar-refractivity contribution in [1.29, 1.82) is 0 Å². The molecule has 0 unspecified atom stereocenters. The second-order valence-corrected chi connectivity index (χ2v) is 8.04. The number of nitrogens with zero attached hydrogens (tertiary/aromatic N) is 1. The fourth-order valence-electron chi connectivity index (χ4n) is 2.71. The zero-order chi connectivity index (χ0) is 16.9. The van der Waals surface area contributed by atoms with Gasteiger partial charge in [-0.1, -0.05) is 37.3 Å². The first kappa shape index (κ1) is 17.9. The van der Waals surface area contributed by atoms with Gasteiger partial charge < -0.3 is 9.84 Å². The molecule has 0 aliphatic carbocycles. The predicted octanol–water partition coefficient (Wildman–Crippen LogP) is 1.58. The van der Waals surface area contributed by atoms with Crippen LogP contribution in [0.5, 0.6) is 0 Å². The maximum atomic E-state index is 12.3. The standard InChI is InChI=1S/C16H23NO5S/c1-13-10-17(11-15(13)16(18)19)23(20,21)9-5-8-22-12-14-6-3-2-4-7-14/h2-4,6-7,13,15H,5,8-12H2,1H3,(H,18,19)/t13-,15-/m1/s1. The van der Waals surface area contributed by atoms with Gasteiger partial charge in [-0.25, -0.2) is 12.7 Å². The summed E-state index contributed by atoms with van der Waals surface area (Å²) >= 11 is 0. The Labute approximate surface area is 137 Å². The van der Waals surface area contributed by atoms with Gasteiger partial charge in [-0.15, -0.1) is 0 Å². The van der Waals surface area contributed by atoms with Gasteiger partial charge in [-0.2, -0.15) is 0 Å². The SMILES string of the molecule is C[C@@H]1CN(S(=O)(=O)CCCOCc2ccccc2)C[C@H]1C(=O)O. The molecule has 0 spiro atoms. The molecule has 2 atom stereocenters. The van der Waals surface area contributed by atoms with Crippen molar-refractivity contribution in [1.82, 2.24) is 4.31 Å². The molecule has 1 aromatic rings. The van der Waals surface area contributed by atoms with Gasteiger partial charge in [0.2, 0.25) is 10.0 Å². The van der Waals surface area contributed by atoms with Crippen LogP contribution in [0.4, 0.5) is 0 Å². The lowest BCUT2D eigenvalue weighted by atomic mass is 9.99. The molecule has 1 saturated heterocycles. The van der Waals surface area contributed by atoms with Crippen LogP contribution >= 0.6 is 0 Å². The minimum absolute atomic E-state index is 0.0130. The van der Waals surface area contributed by atoms with Crippen molar-refractivity contribution in [2.45, 2.75) is 20.0 Å². The topological polar surface area (TPSA) is 83.9 Å². The minimum atomic E-state index is -3.41. The Bertz CT molecular complexity index is 617. The highest BCUT2D eigenvalue weighted by atomic mass is 32.2. The Hall–Kier alpha value is -1.44. The second kappa shape index (κ2) is 7.90. The van der Waals surface area contributed by atoms with Gasteiger partial charge in [0.15, 0.2) is 0 Å². The van der Waals surface area contributed by atoms with Crippen LogP contribution in [0.2, 0.25) is 0 Å². The zero-order valence-electron chi connectivity index (χ0n) is 13.2. The fraction of sp³-hybridized carbons (Fsp3) is 0.562. The van der Waals surface area contributed by atoms with E-state index in [1.165, 1.54) is 4.31 Å². The van der Waals surface area contributed by atoms with Crippen LogP contribution in [-0.2, 0) is 26.2 Å². The van der Waals surface area contributed by atoms with Crippen LogP contribution in [-0.4, -0.2) is 49.2 Å². The molecule has 1 aliphatic rings. The van der Waals surface area contributed by atoms with Crippen molar-refractivity contribution in [2.24, 2.45) is 11.8 Å². The first-order valence-electron chi connectivity index (χ1n) is 7.72. The molecule has 23 heavy (non-hydrogen) atoms. The summed E-state index contributed by atoms with van der Waals surface area (Å²) < 4.78 is 31.3. The summed E-state index contributed by atoms with van der Waals surface area (Å²) in [5.41, 5.74) is 1.05. The summed E-state index contributed by atoms with van der Waals surface area (Å²) in [4.78, 5) is 11.1.